The number of aromatic amines is 1. The Kier molecular flexibility index (Phi) is 2.90. The molecule has 2 rings (SSSR count). The molecule has 16 heavy (non-hydrogen) atoms. The van der Waals surface area contributed by atoms with Gasteiger partial charge in [0.25, 0.3) is 5.91 Å². The lowest BCUT2D eigenvalue weighted by atomic mass is 10.1. The third kappa shape index (κ3) is 2.41. The van der Waals surface area contributed by atoms with Gasteiger partial charge in [0, 0.05) is 12.8 Å². The number of rotatable bonds is 3. The molecule has 0 fully saturated rings. The number of hydrogen-bond donors (Lipinski definition) is 3. The first-order valence-electron chi connectivity index (χ1n) is 4.73. The van der Waals surface area contributed by atoms with Crippen molar-refractivity contribution in [2.45, 2.75) is 19.4 Å². The lowest BCUT2D eigenvalue weighted by Crippen LogP contribution is -2.36. The molecule has 0 radical (unpaired) electrons. The minimum Gasteiger partial charge on any atom is -0.344 e. The van der Waals surface area contributed by atoms with E-state index >= 15 is 0 Å². The van der Waals surface area contributed by atoms with E-state index in [1.807, 2.05) is 0 Å². The van der Waals surface area contributed by atoms with Crippen molar-refractivity contribution in [2.24, 2.45) is 5.10 Å². The molecule has 0 saturated heterocycles. The van der Waals surface area contributed by atoms with Gasteiger partial charge in [-0.15, -0.1) is 0 Å². The zero-order valence-electron chi connectivity index (χ0n) is 8.36. The van der Waals surface area contributed by atoms with Gasteiger partial charge in [-0.2, -0.15) is 10.2 Å². The molecule has 0 saturated carbocycles. The van der Waals surface area contributed by atoms with Crippen LogP contribution in [0.15, 0.2) is 11.4 Å². The Hall–Kier alpha value is -2.25. The summed E-state index contributed by atoms with van der Waals surface area (Å²) in [6, 6.07) is 0. The zero-order valence-corrected chi connectivity index (χ0v) is 8.36. The van der Waals surface area contributed by atoms with Crippen LogP contribution in [-0.2, 0) is 16.1 Å². The van der Waals surface area contributed by atoms with Crippen molar-refractivity contribution in [1.82, 2.24) is 25.9 Å². The first-order valence-corrected chi connectivity index (χ1v) is 4.73. The smallest absolute Gasteiger partial charge is 0.267 e. The van der Waals surface area contributed by atoms with Crippen LogP contribution in [0, 0.1) is 0 Å². The summed E-state index contributed by atoms with van der Waals surface area (Å²) in [6.45, 7) is 0.256. The number of nitrogens with zero attached hydrogens (tertiary/aromatic N) is 3. The number of nitrogens with one attached hydrogen (secondary N) is 3. The Morgan fingerprint density at radius 1 is 1.50 bits per heavy atom. The molecule has 0 aliphatic carbocycles. The third-order valence-corrected chi connectivity index (χ3v) is 2.05. The second-order valence-electron chi connectivity index (χ2n) is 3.21. The van der Waals surface area contributed by atoms with E-state index in [1.165, 1.54) is 6.33 Å². The highest BCUT2D eigenvalue weighted by Gasteiger charge is 2.17. The van der Waals surface area contributed by atoms with Gasteiger partial charge in [0.2, 0.25) is 5.91 Å². The maximum atomic E-state index is 11.5. The van der Waals surface area contributed by atoms with Crippen molar-refractivity contribution in [1.29, 1.82) is 0 Å². The fourth-order valence-corrected chi connectivity index (χ4v) is 1.22. The number of hydrazone groups is 1. The molecule has 0 aromatic carbocycles. The van der Waals surface area contributed by atoms with E-state index in [2.05, 4.69) is 31.0 Å². The number of hydrogen-bond acceptors (Lipinski definition) is 5. The van der Waals surface area contributed by atoms with Gasteiger partial charge in [0.05, 0.1) is 6.54 Å². The molecule has 84 valence electrons. The Morgan fingerprint density at radius 2 is 2.38 bits per heavy atom. The van der Waals surface area contributed by atoms with Gasteiger partial charge in [-0.05, 0) is 0 Å². The fraction of sp³-hybridized carbons (Fsp3) is 0.375. The molecular weight excluding hydrogens is 212 g/mol. The molecule has 2 heterocycles. The molecule has 8 heteroatoms. The van der Waals surface area contributed by atoms with Gasteiger partial charge in [0.15, 0.2) is 0 Å². The summed E-state index contributed by atoms with van der Waals surface area (Å²) in [5, 5.41) is 12.5. The molecule has 8 nitrogen and oxygen atoms in total. The summed E-state index contributed by atoms with van der Waals surface area (Å²) in [5.41, 5.74) is 2.58. The maximum Gasteiger partial charge on any atom is 0.267 e. The summed E-state index contributed by atoms with van der Waals surface area (Å²) in [4.78, 5) is 26.2. The highest BCUT2D eigenvalue weighted by Crippen LogP contribution is 1.99. The third-order valence-electron chi connectivity index (χ3n) is 2.05. The summed E-state index contributed by atoms with van der Waals surface area (Å²) in [5.74, 6) is 0.0805. The molecule has 0 bridgehead atoms. The quantitative estimate of drug-likeness (QED) is 0.589. The topological polar surface area (TPSA) is 112 Å². The van der Waals surface area contributed by atoms with E-state index in [4.69, 9.17) is 0 Å². The van der Waals surface area contributed by atoms with Gasteiger partial charge >= 0.3 is 0 Å². The molecule has 2 amide bonds. The standard InChI is InChI=1S/C8H10N6O2/c15-7-2-1-5(12-14-7)8(16)9-3-6-10-4-11-13-6/h4H,1-3H2,(H,9,16)(H,14,15)(H,10,11,13). The minimum absolute atomic E-state index is 0.174. The Morgan fingerprint density at radius 3 is 3.00 bits per heavy atom. The highest BCUT2D eigenvalue weighted by molar-refractivity contribution is 6.39. The predicted molar refractivity (Wildman–Crippen MR) is 53.0 cm³/mol. The van der Waals surface area contributed by atoms with E-state index in [0.29, 0.717) is 18.0 Å². The van der Waals surface area contributed by atoms with Crippen LogP contribution in [0.1, 0.15) is 18.7 Å². The Bertz CT molecular complexity index is 424. The average Bonchev–Trinajstić information content (AvgIpc) is 2.80. The molecule has 1 aliphatic rings. The van der Waals surface area contributed by atoms with E-state index in [0.717, 1.165) is 0 Å². The van der Waals surface area contributed by atoms with Crippen LogP contribution in [-0.4, -0.2) is 32.7 Å². The van der Waals surface area contributed by atoms with Crippen LogP contribution in [0.3, 0.4) is 0 Å². The first-order chi connectivity index (χ1) is 7.75. The lowest BCUT2D eigenvalue weighted by molar-refractivity contribution is -0.121. The summed E-state index contributed by atoms with van der Waals surface area (Å²) >= 11 is 0. The van der Waals surface area contributed by atoms with E-state index in [9.17, 15) is 9.59 Å². The second kappa shape index (κ2) is 4.51. The van der Waals surface area contributed by atoms with Crippen molar-refractivity contribution >= 4 is 17.5 Å². The zero-order chi connectivity index (χ0) is 11.4. The first kappa shape index (κ1) is 10.3. The molecule has 0 atom stereocenters. The van der Waals surface area contributed by atoms with Crippen LogP contribution >= 0.6 is 0 Å². The van der Waals surface area contributed by atoms with Crippen LogP contribution in [0.25, 0.3) is 0 Å². The van der Waals surface area contributed by atoms with E-state index in [-0.39, 0.29) is 24.8 Å². The SMILES string of the molecule is O=C1CCC(C(=O)NCc2ncn[nH]2)=NN1. The summed E-state index contributed by atoms with van der Waals surface area (Å²) in [6.07, 6.45) is 2.00. The van der Waals surface area contributed by atoms with Crippen molar-refractivity contribution < 1.29 is 9.59 Å². The van der Waals surface area contributed by atoms with Crippen molar-refractivity contribution in [3.63, 3.8) is 0 Å². The monoisotopic (exact) mass is 222 g/mol. The fourth-order valence-electron chi connectivity index (χ4n) is 1.22. The molecular formula is C8H10N6O2. The number of carbonyl (C=O) groups is 2. The maximum absolute atomic E-state index is 11.5. The highest BCUT2D eigenvalue weighted by atomic mass is 16.2. The number of amides is 2. The minimum atomic E-state index is -0.309. The van der Waals surface area contributed by atoms with Crippen LogP contribution in [0.5, 0.6) is 0 Å². The molecule has 1 aromatic heterocycles. The van der Waals surface area contributed by atoms with Gasteiger partial charge < -0.3 is 5.32 Å². The van der Waals surface area contributed by atoms with Gasteiger partial charge in [-0.3, -0.25) is 14.7 Å². The molecule has 3 N–H and O–H groups in total. The largest absolute Gasteiger partial charge is 0.344 e. The van der Waals surface area contributed by atoms with Crippen molar-refractivity contribution in [3.05, 3.63) is 12.2 Å². The normalized spacial score (nSPS) is 15.2. The van der Waals surface area contributed by atoms with Crippen LogP contribution in [0.2, 0.25) is 0 Å². The second-order valence-corrected chi connectivity index (χ2v) is 3.21. The molecule has 0 unspecified atom stereocenters. The Labute approximate surface area is 90.5 Å². The van der Waals surface area contributed by atoms with Crippen molar-refractivity contribution in [2.75, 3.05) is 0 Å². The van der Waals surface area contributed by atoms with Gasteiger partial charge in [0.1, 0.15) is 17.9 Å². The van der Waals surface area contributed by atoms with E-state index < -0.39 is 0 Å². The van der Waals surface area contributed by atoms with Gasteiger partial charge in [-0.25, -0.2) is 10.4 Å². The molecule has 0 spiro atoms. The number of carbonyl (C=O) groups excluding carboxylic acids is 2. The number of H-pyrrole nitrogens is 1. The Balaban J connectivity index is 1.86. The lowest BCUT2D eigenvalue weighted by Gasteiger charge is -2.11. The van der Waals surface area contributed by atoms with Crippen molar-refractivity contribution in [3.8, 4) is 0 Å². The summed E-state index contributed by atoms with van der Waals surface area (Å²) in [7, 11) is 0. The predicted octanol–water partition coefficient (Wildman–Crippen LogP) is -1.31. The molecule has 1 aliphatic heterocycles. The average molecular weight is 222 g/mol. The number of aromatic nitrogens is 3. The molecule has 1 aromatic rings. The van der Waals surface area contributed by atoms with E-state index in [1.54, 1.807) is 0 Å². The summed E-state index contributed by atoms with van der Waals surface area (Å²) < 4.78 is 0. The van der Waals surface area contributed by atoms with Crippen LogP contribution in [0.4, 0.5) is 0 Å². The van der Waals surface area contributed by atoms with Gasteiger partial charge in [-0.1, -0.05) is 0 Å². The van der Waals surface area contributed by atoms with Crippen LogP contribution < -0.4 is 10.7 Å².